The molecule has 0 bridgehead atoms. The van der Waals surface area contributed by atoms with Crippen molar-refractivity contribution in [3.05, 3.63) is 99.7 Å². The number of hydrogen-bond donors (Lipinski definition) is 0. The maximum absolute atomic E-state index is 6.37. The Morgan fingerprint density at radius 3 is 2.54 bits per heavy atom. The summed E-state index contributed by atoms with van der Waals surface area (Å²) in [5.74, 6) is 1.98. The molecule has 3 heterocycles. The number of methoxy groups -OCH3 is 2. The summed E-state index contributed by atoms with van der Waals surface area (Å²) < 4.78 is 11.2. The van der Waals surface area contributed by atoms with Gasteiger partial charge in [0.1, 0.15) is 11.5 Å². The van der Waals surface area contributed by atoms with Gasteiger partial charge in [-0.2, -0.15) is 5.10 Å². The van der Waals surface area contributed by atoms with Crippen LogP contribution in [0.15, 0.2) is 89.3 Å². The zero-order valence-corrected chi connectivity index (χ0v) is 21.8. The second-order valence-corrected chi connectivity index (χ2v) is 9.98. The van der Waals surface area contributed by atoms with Gasteiger partial charge in [0.2, 0.25) is 5.95 Å². The fourth-order valence-corrected chi connectivity index (χ4v) is 5.52. The van der Waals surface area contributed by atoms with Crippen LogP contribution in [0.1, 0.15) is 22.9 Å². The number of benzene rings is 3. The third-order valence-corrected chi connectivity index (χ3v) is 7.57. The summed E-state index contributed by atoms with van der Waals surface area (Å²) in [4.78, 5) is 11.1. The SMILES string of the molecule is COc1ccc([C@@H]2CC(c3cccs3)=NN2c2nc(-c3ccccc3)c3cc(Cl)ccc3n2)c(OC)c1. The van der Waals surface area contributed by atoms with Crippen molar-refractivity contribution in [1.82, 2.24) is 9.97 Å². The van der Waals surface area contributed by atoms with E-state index in [9.17, 15) is 0 Å². The summed E-state index contributed by atoms with van der Waals surface area (Å²) in [6.07, 6.45) is 0.686. The van der Waals surface area contributed by atoms with Gasteiger partial charge in [-0.05, 0) is 41.8 Å². The van der Waals surface area contributed by atoms with Crippen molar-refractivity contribution < 1.29 is 9.47 Å². The van der Waals surface area contributed by atoms with Crippen molar-refractivity contribution in [1.29, 1.82) is 0 Å². The van der Waals surface area contributed by atoms with Gasteiger partial charge in [-0.15, -0.1) is 11.3 Å². The Bertz CT molecular complexity index is 1610. The van der Waals surface area contributed by atoms with Gasteiger partial charge in [0.15, 0.2) is 0 Å². The molecule has 0 fully saturated rings. The first kappa shape index (κ1) is 23.5. The number of anilines is 1. The minimum absolute atomic E-state index is 0.161. The van der Waals surface area contributed by atoms with E-state index in [1.165, 1.54) is 0 Å². The highest BCUT2D eigenvalue weighted by Crippen LogP contribution is 2.42. The molecule has 37 heavy (non-hydrogen) atoms. The zero-order valence-electron chi connectivity index (χ0n) is 20.3. The third-order valence-electron chi connectivity index (χ3n) is 6.41. The predicted molar refractivity (Wildman–Crippen MR) is 150 cm³/mol. The van der Waals surface area contributed by atoms with Crippen molar-refractivity contribution in [2.45, 2.75) is 12.5 Å². The molecule has 1 aliphatic rings. The fraction of sp³-hybridized carbons (Fsp3) is 0.138. The van der Waals surface area contributed by atoms with Crippen LogP contribution in [0.3, 0.4) is 0 Å². The largest absolute Gasteiger partial charge is 0.497 e. The van der Waals surface area contributed by atoms with Crippen LogP contribution in [0.5, 0.6) is 11.5 Å². The Balaban J connectivity index is 1.55. The number of rotatable bonds is 6. The van der Waals surface area contributed by atoms with Crippen molar-refractivity contribution in [3.8, 4) is 22.8 Å². The molecule has 0 aliphatic carbocycles. The van der Waals surface area contributed by atoms with Gasteiger partial charge >= 0.3 is 0 Å². The molecule has 0 N–H and O–H groups in total. The van der Waals surface area contributed by atoms with Crippen molar-refractivity contribution >= 4 is 45.5 Å². The topological polar surface area (TPSA) is 59.8 Å². The zero-order chi connectivity index (χ0) is 25.4. The number of hydrogen-bond acceptors (Lipinski definition) is 7. The number of fused-ring (bicyclic) bond motifs is 1. The average Bonchev–Trinajstić information content (AvgIpc) is 3.63. The highest BCUT2D eigenvalue weighted by atomic mass is 35.5. The highest BCUT2D eigenvalue weighted by Gasteiger charge is 2.34. The van der Waals surface area contributed by atoms with E-state index in [1.54, 1.807) is 25.6 Å². The number of hydrazone groups is 1. The third kappa shape index (κ3) is 4.41. The monoisotopic (exact) mass is 526 g/mol. The van der Waals surface area contributed by atoms with E-state index in [1.807, 2.05) is 77.8 Å². The standard InChI is InChI=1S/C29H23ClN4O2S/c1-35-20-11-12-21(26(16-20)36-2)25-17-24(27-9-6-14-37-27)33-34(25)29-31-23-13-10-19(30)15-22(23)28(32-29)18-7-4-3-5-8-18/h3-16,25H,17H2,1-2H3/t25-/m0/s1. The van der Waals surface area contributed by atoms with E-state index in [-0.39, 0.29) is 6.04 Å². The lowest BCUT2D eigenvalue weighted by molar-refractivity contribution is 0.388. The number of thiophene rings is 1. The fourth-order valence-electron chi connectivity index (χ4n) is 4.63. The van der Waals surface area contributed by atoms with Crippen LogP contribution in [0.25, 0.3) is 22.2 Å². The van der Waals surface area contributed by atoms with Gasteiger partial charge in [0, 0.05) is 34.0 Å². The van der Waals surface area contributed by atoms with Gasteiger partial charge in [-0.1, -0.05) is 48.0 Å². The van der Waals surface area contributed by atoms with Crippen LogP contribution in [-0.2, 0) is 0 Å². The number of halogens is 1. The lowest BCUT2D eigenvalue weighted by Crippen LogP contribution is -2.21. The maximum Gasteiger partial charge on any atom is 0.247 e. The van der Waals surface area contributed by atoms with Gasteiger partial charge in [-0.25, -0.2) is 15.0 Å². The lowest BCUT2D eigenvalue weighted by Gasteiger charge is -2.24. The Morgan fingerprint density at radius 2 is 1.78 bits per heavy atom. The van der Waals surface area contributed by atoms with Crippen LogP contribution < -0.4 is 14.5 Å². The molecule has 1 aliphatic heterocycles. The second-order valence-electron chi connectivity index (χ2n) is 8.60. The molecule has 0 saturated carbocycles. The van der Waals surface area contributed by atoms with E-state index in [4.69, 9.17) is 36.1 Å². The Labute approximate surface area is 223 Å². The van der Waals surface area contributed by atoms with Crippen molar-refractivity contribution in [2.24, 2.45) is 5.10 Å². The highest BCUT2D eigenvalue weighted by molar-refractivity contribution is 7.12. The van der Waals surface area contributed by atoms with E-state index in [0.29, 0.717) is 17.4 Å². The summed E-state index contributed by atoms with van der Waals surface area (Å²) in [5.41, 5.74) is 4.56. The summed E-state index contributed by atoms with van der Waals surface area (Å²) in [7, 11) is 3.32. The first-order valence-corrected chi connectivity index (χ1v) is 13.1. The molecule has 2 aromatic heterocycles. The molecular weight excluding hydrogens is 504 g/mol. The second kappa shape index (κ2) is 9.84. The number of aromatic nitrogens is 2. The summed E-state index contributed by atoms with van der Waals surface area (Å²) in [6.45, 7) is 0. The molecule has 3 aromatic carbocycles. The van der Waals surface area contributed by atoms with Crippen LogP contribution >= 0.6 is 22.9 Å². The van der Waals surface area contributed by atoms with Crippen LogP contribution in [0.4, 0.5) is 5.95 Å². The molecule has 6 rings (SSSR count). The molecule has 6 nitrogen and oxygen atoms in total. The first-order valence-electron chi connectivity index (χ1n) is 11.8. The first-order chi connectivity index (χ1) is 18.1. The number of nitrogens with zero attached hydrogens (tertiary/aromatic N) is 4. The summed E-state index contributed by atoms with van der Waals surface area (Å²) in [6, 6.07) is 25.6. The average molecular weight is 527 g/mol. The Kier molecular flexibility index (Phi) is 6.24. The number of ether oxygens (including phenoxy) is 2. The van der Waals surface area contributed by atoms with Crippen LogP contribution in [0, 0.1) is 0 Å². The molecule has 0 amide bonds. The van der Waals surface area contributed by atoms with E-state index < -0.39 is 0 Å². The molecular formula is C29H23ClN4O2S. The summed E-state index contributed by atoms with van der Waals surface area (Å²) >= 11 is 8.04. The predicted octanol–water partition coefficient (Wildman–Crippen LogP) is 7.38. The van der Waals surface area contributed by atoms with E-state index in [2.05, 4.69) is 11.4 Å². The minimum Gasteiger partial charge on any atom is -0.497 e. The molecule has 184 valence electrons. The maximum atomic E-state index is 6.37. The summed E-state index contributed by atoms with van der Waals surface area (Å²) in [5, 5.41) is 10.6. The van der Waals surface area contributed by atoms with Gasteiger partial charge in [0.25, 0.3) is 0 Å². The van der Waals surface area contributed by atoms with Gasteiger partial charge < -0.3 is 9.47 Å². The van der Waals surface area contributed by atoms with Gasteiger partial charge in [-0.3, -0.25) is 0 Å². The van der Waals surface area contributed by atoms with E-state index >= 15 is 0 Å². The molecule has 0 saturated heterocycles. The van der Waals surface area contributed by atoms with Crippen molar-refractivity contribution in [2.75, 3.05) is 19.2 Å². The quantitative estimate of drug-likeness (QED) is 0.231. The van der Waals surface area contributed by atoms with Crippen LogP contribution in [-0.4, -0.2) is 29.9 Å². The molecule has 0 unspecified atom stereocenters. The molecule has 0 spiro atoms. The smallest absolute Gasteiger partial charge is 0.247 e. The normalized spacial score (nSPS) is 15.2. The van der Waals surface area contributed by atoms with Crippen molar-refractivity contribution in [3.63, 3.8) is 0 Å². The molecule has 0 radical (unpaired) electrons. The molecule has 8 heteroatoms. The minimum atomic E-state index is -0.161. The molecule has 5 aromatic rings. The Hall–Kier alpha value is -3.94. The van der Waals surface area contributed by atoms with E-state index in [0.717, 1.165) is 49.8 Å². The van der Waals surface area contributed by atoms with Gasteiger partial charge in [0.05, 0.1) is 42.1 Å². The Morgan fingerprint density at radius 1 is 0.919 bits per heavy atom. The lowest BCUT2D eigenvalue weighted by atomic mass is 10.00. The van der Waals surface area contributed by atoms with Crippen LogP contribution in [0.2, 0.25) is 5.02 Å². The molecule has 1 atom stereocenters.